The van der Waals surface area contributed by atoms with E-state index in [1.54, 1.807) is 0 Å². The molecule has 4 heterocycles. The number of para-hydroxylation sites is 4. The summed E-state index contributed by atoms with van der Waals surface area (Å²) in [6.45, 7) is 0. The first-order valence-corrected chi connectivity index (χ1v) is 14.7. The molecule has 0 aliphatic carbocycles. The monoisotopic (exact) mass is 539 g/mol. The van der Waals surface area contributed by atoms with Crippen LogP contribution in [0.1, 0.15) is 0 Å². The van der Waals surface area contributed by atoms with Crippen LogP contribution < -0.4 is 0 Å². The van der Waals surface area contributed by atoms with Gasteiger partial charge in [0.25, 0.3) is 0 Å². The van der Waals surface area contributed by atoms with E-state index in [0.29, 0.717) is 0 Å². The molecule has 3 nitrogen and oxygen atoms in total. The van der Waals surface area contributed by atoms with Gasteiger partial charge >= 0.3 is 0 Å². The Morgan fingerprint density at radius 1 is 0.488 bits per heavy atom. The SMILES string of the molecule is c1ccc(-n2c3ccccc3c3cc4c(cc32)c2ccc3c5ccccc5sc3c2c2nc3ccccc3n42)cc1. The Hall–Kier alpha value is -5.19. The summed E-state index contributed by atoms with van der Waals surface area (Å²) in [5.41, 5.74) is 7.97. The van der Waals surface area contributed by atoms with Crippen LogP contribution in [0.3, 0.4) is 0 Å². The highest BCUT2D eigenvalue weighted by molar-refractivity contribution is 7.26. The second kappa shape index (κ2) is 7.72. The lowest BCUT2D eigenvalue weighted by Gasteiger charge is -2.12. The number of fused-ring (bicyclic) bond motifs is 15. The van der Waals surface area contributed by atoms with Crippen molar-refractivity contribution in [1.82, 2.24) is 14.0 Å². The number of rotatable bonds is 1. The molecule has 0 saturated heterocycles. The zero-order valence-electron chi connectivity index (χ0n) is 21.9. The number of thiophene rings is 1. The van der Waals surface area contributed by atoms with Crippen molar-refractivity contribution in [2.75, 3.05) is 0 Å². The lowest BCUT2D eigenvalue weighted by atomic mass is 10.0. The van der Waals surface area contributed by atoms with Gasteiger partial charge in [0.15, 0.2) is 0 Å². The molecular weight excluding hydrogens is 518 g/mol. The minimum atomic E-state index is 1.02. The standard InChI is InChI=1S/C37H21N3S/c1-2-10-22(11-3-1)39-30-15-7-4-12-23(30)27-20-33-28(21-32(27)39)25-18-19-26-24-13-5-9-17-34(24)41-36(26)35(25)37-38-29-14-6-8-16-31(29)40(33)37/h1-21H. The molecular formula is C37H21N3S. The van der Waals surface area contributed by atoms with Crippen LogP contribution in [0.4, 0.5) is 0 Å². The molecule has 0 fully saturated rings. The molecule has 0 amide bonds. The summed E-state index contributed by atoms with van der Waals surface area (Å²) < 4.78 is 7.41. The molecule has 0 radical (unpaired) electrons. The van der Waals surface area contributed by atoms with Gasteiger partial charge in [0.1, 0.15) is 5.65 Å². The fraction of sp³-hybridized carbons (Fsp3) is 0. The van der Waals surface area contributed by atoms with Crippen LogP contribution in [0.5, 0.6) is 0 Å². The summed E-state index contributed by atoms with van der Waals surface area (Å²) in [6.07, 6.45) is 0. The van der Waals surface area contributed by atoms with Gasteiger partial charge in [-0.05, 0) is 53.9 Å². The lowest BCUT2D eigenvalue weighted by molar-refractivity contribution is 1.18. The van der Waals surface area contributed by atoms with E-state index in [0.717, 1.165) is 16.7 Å². The second-order valence-corrected chi connectivity index (χ2v) is 11.8. The highest BCUT2D eigenvalue weighted by atomic mass is 32.1. The van der Waals surface area contributed by atoms with E-state index in [-0.39, 0.29) is 0 Å². The predicted octanol–water partition coefficient (Wildman–Crippen LogP) is 10.3. The van der Waals surface area contributed by atoms with E-state index in [2.05, 4.69) is 136 Å². The van der Waals surface area contributed by atoms with Gasteiger partial charge in [-0.15, -0.1) is 11.3 Å². The van der Waals surface area contributed by atoms with Crippen molar-refractivity contribution < 1.29 is 0 Å². The van der Waals surface area contributed by atoms with Gasteiger partial charge in [-0.2, -0.15) is 0 Å². The second-order valence-electron chi connectivity index (χ2n) is 10.8. The smallest absolute Gasteiger partial charge is 0.147 e. The summed E-state index contributed by atoms with van der Waals surface area (Å²) in [5, 5.41) is 8.82. The minimum absolute atomic E-state index is 1.02. The molecule has 0 bridgehead atoms. The minimum Gasteiger partial charge on any atom is -0.309 e. The van der Waals surface area contributed by atoms with Crippen LogP contribution in [-0.2, 0) is 0 Å². The number of hydrogen-bond acceptors (Lipinski definition) is 2. The Morgan fingerprint density at radius 2 is 1.17 bits per heavy atom. The Balaban J connectivity index is 1.50. The zero-order valence-corrected chi connectivity index (χ0v) is 22.7. The van der Waals surface area contributed by atoms with Crippen molar-refractivity contribution in [1.29, 1.82) is 0 Å². The van der Waals surface area contributed by atoms with Crippen molar-refractivity contribution in [3.05, 3.63) is 127 Å². The van der Waals surface area contributed by atoms with Crippen molar-refractivity contribution >= 4 is 91.7 Å². The van der Waals surface area contributed by atoms with Gasteiger partial charge in [-0.25, -0.2) is 4.98 Å². The molecule has 0 aliphatic heterocycles. The molecule has 4 aromatic heterocycles. The van der Waals surface area contributed by atoms with Gasteiger partial charge in [0.2, 0.25) is 0 Å². The average Bonchev–Trinajstić information content (AvgIpc) is 3.70. The molecule has 0 N–H and O–H groups in total. The number of hydrogen-bond donors (Lipinski definition) is 0. The normalized spacial score (nSPS) is 12.4. The van der Waals surface area contributed by atoms with Crippen molar-refractivity contribution in [2.24, 2.45) is 0 Å². The maximum absolute atomic E-state index is 5.27. The van der Waals surface area contributed by atoms with Gasteiger partial charge in [-0.3, -0.25) is 4.40 Å². The zero-order chi connectivity index (χ0) is 26.7. The summed E-state index contributed by atoms with van der Waals surface area (Å²) in [6, 6.07) is 46.2. The number of benzene rings is 6. The third-order valence-electron chi connectivity index (χ3n) is 8.67. The molecule has 190 valence electrons. The molecule has 0 aliphatic rings. The lowest BCUT2D eigenvalue weighted by Crippen LogP contribution is -1.95. The van der Waals surface area contributed by atoms with Crippen molar-refractivity contribution in [2.45, 2.75) is 0 Å². The number of pyridine rings is 1. The number of imidazole rings is 1. The van der Waals surface area contributed by atoms with Crippen LogP contribution in [0.25, 0.3) is 86.0 Å². The molecule has 0 saturated carbocycles. The molecule has 6 aromatic carbocycles. The predicted molar refractivity (Wildman–Crippen MR) is 175 cm³/mol. The van der Waals surface area contributed by atoms with Gasteiger partial charge in [0.05, 0.1) is 27.6 Å². The summed E-state index contributed by atoms with van der Waals surface area (Å²) in [4.78, 5) is 5.27. The fourth-order valence-corrected chi connectivity index (χ4v) is 8.18. The first-order valence-electron chi connectivity index (χ1n) is 13.9. The van der Waals surface area contributed by atoms with Crippen LogP contribution >= 0.6 is 11.3 Å². The molecule has 41 heavy (non-hydrogen) atoms. The van der Waals surface area contributed by atoms with E-state index in [4.69, 9.17) is 4.98 Å². The maximum Gasteiger partial charge on any atom is 0.147 e. The van der Waals surface area contributed by atoms with E-state index in [9.17, 15) is 0 Å². The first-order chi connectivity index (χ1) is 20.3. The largest absolute Gasteiger partial charge is 0.309 e. The summed E-state index contributed by atoms with van der Waals surface area (Å²) in [5.74, 6) is 0. The van der Waals surface area contributed by atoms with E-state index in [1.165, 1.54) is 69.3 Å². The maximum atomic E-state index is 5.27. The third-order valence-corrected chi connectivity index (χ3v) is 9.87. The topological polar surface area (TPSA) is 22.2 Å². The Morgan fingerprint density at radius 3 is 2.07 bits per heavy atom. The van der Waals surface area contributed by atoms with Crippen LogP contribution in [0.15, 0.2) is 127 Å². The molecule has 10 rings (SSSR count). The quantitative estimate of drug-likeness (QED) is 0.190. The fourth-order valence-electron chi connectivity index (χ4n) is 6.93. The number of nitrogens with zero attached hydrogens (tertiary/aromatic N) is 3. The summed E-state index contributed by atoms with van der Waals surface area (Å²) >= 11 is 1.87. The van der Waals surface area contributed by atoms with E-state index in [1.807, 2.05) is 11.3 Å². The van der Waals surface area contributed by atoms with Crippen molar-refractivity contribution in [3.63, 3.8) is 0 Å². The van der Waals surface area contributed by atoms with E-state index >= 15 is 0 Å². The average molecular weight is 540 g/mol. The highest BCUT2D eigenvalue weighted by Crippen LogP contribution is 2.44. The Bertz CT molecular complexity index is 2690. The van der Waals surface area contributed by atoms with Gasteiger partial charge in [-0.1, -0.05) is 78.9 Å². The molecule has 4 heteroatoms. The molecule has 10 aromatic rings. The highest BCUT2D eigenvalue weighted by Gasteiger charge is 2.20. The summed E-state index contributed by atoms with van der Waals surface area (Å²) in [7, 11) is 0. The van der Waals surface area contributed by atoms with Crippen LogP contribution in [0.2, 0.25) is 0 Å². The van der Waals surface area contributed by atoms with Crippen LogP contribution in [-0.4, -0.2) is 14.0 Å². The van der Waals surface area contributed by atoms with Crippen LogP contribution in [0, 0.1) is 0 Å². The molecule has 0 unspecified atom stereocenters. The van der Waals surface area contributed by atoms with Crippen molar-refractivity contribution in [3.8, 4) is 5.69 Å². The number of aromatic nitrogens is 3. The molecule has 0 spiro atoms. The Kier molecular flexibility index (Phi) is 4.07. The first kappa shape index (κ1) is 21.6. The molecule has 0 atom stereocenters. The van der Waals surface area contributed by atoms with Gasteiger partial charge in [0, 0.05) is 47.4 Å². The van der Waals surface area contributed by atoms with E-state index < -0.39 is 0 Å². The third kappa shape index (κ3) is 2.75. The Labute approximate surface area is 238 Å². The van der Waals surface area contributed by atoms with Gasteiger partial charge < -0.3 is 4.57 Å².